The second-order valence-electron chi connectivity index (χ2n) is 3.14. The monoisotopic (exact) mass is 209 g/mol. The summed E-state index contributed by atoms with van der Waals surface area (Å²) in [6, 6.07) is 0. The summed E-state index contributed by atoms with van der Waals surface area (Å²) in [6.45, 7) is 5.93. The van der Waals surface area contributed by atoms with Crippen LogP contribution < -0.4 is 5.73 Å². The molecular weight excluding hydrogens is 190 g/mol. The fourth-order valence-electron chi connectivity index (χ4n) is 0.767. The molecule has 0 unspecified atom stereocenters. The third-order valence-electron chi connectivity index (χ3n) is 1.95. The summed E-state index contributed by atoms with van der Waals surface area (Å²) in [7, 11) is 0. The average Bonchev–Trinajstić information content (AvgIpc) is 2.67. The van der Waals surface area contributed by atoms with Crippen molar-refractivity contribution in [2.24, 2.45) is 0 Å². The van der Waals surface area contributed by atoms with E-state index in [0.717, 1.165) is 11.3 Å². The van der Waals surface area contributed by atoms with E-state index in [-0.39, 0.29) is 7.43 Å². The zero-order valence-corrected chi connectivity index (χ0v) is 8.63. The van der Waals surface area contributed by atoms with Gasteiger partial charge in [0.05, 0.1) is 12.4 Å². The van der Waals surface area contributed by atoms with Crippen molar-refractivity contribution in [2.45, 2.75) is 28.2 Å². The van der Waals surface area contributed by atoms with Crippen LogP contribution in [0.15, 0.2) is 12.4 Å². The number of anilines is 1. The smallest absolute Gasteiger partial charge is 0.121 e. The van der Waals surface area contributed by atoms with Crippen LogP contribution in [-0.2, 0) is 0 Å². The fourth-order valence-corrected chi connectivity index (χ4v) is 0.767. The van der Waals surface area contributed by atoms with E-state index >= 15 is 0 Å². The molecule has 2 aromatic rings. The SMILES string of the molecule is C.Cc1cn[nH]c1C.Cc1cn[nH]c1N. The molecule has 0 saturated carbocycles. The van der Waals surface area contributed by atoms with Gasteiger partial charge in [0.25, 0.3) is 0 Å². The Hall–Kier alpha value is -1.78. The second-order valence-corrected chi connectivity index (χ2v) is 3.14. The number of rotatable bonds is 0. The normalized spacial score (nSPS) is 8.73. The van der Waals surface area contributed by atoms with Gasteiger partial charge in [0.15, 0.2) is 0 Å². The standard InChI is InChI=1S/C5H8N2.C4H7N3.CH4/c1-4-3-6-7-5(4)2;1-3-2-6-7-4(3)5;/h3H,1-2H3,(H,6,7);2H,1H3,(H3,5,6,7);1H4. The number of nitrogens with zero attached hydrogens (tertiary/aromatic N) is 2. The maximum atomic E-state index is 5.32. The van der Waals surface area contributed by atoms with Crippen LogP contribution in [0.5, 0.6) is 0 Å². The molecule has 15 heavy (non-hydrogen) atoms. The first-order chi connectivity index (χ1) is 6.61. The predicted octanol–water partition coefficient (Wildman–Crippen LogP) is 1.96. The van der Waals surface area contributed by atoms with E-state index in [1.165, 1.54) is 5.56 Å². The van der Waals surface area contributed by atoms with Crippen LogP contribution in [0.3, 0.4) is 0 Å². The van der Waals surface area contributed by atoms with Crippen molar-refractivity contribution in [3.63, 3.8) is 0 Å². The van der Waals surface area contributed by atoms with E-state index in [0.29, 0.717) is 5.82 Å². The maximum absolute atomic E-state index is 5.32. The zero-order valence-electron chi connectivity index (χ0n) is 8.63. The molecule has 0 atom stereocenters. The van der Waals surface area contributed by atoms with Crippen molar-refractivity contribution >= 4 is 5.82 Å². The number of nitrogens with two attached hydrogens (primary N) is 1. The summed E-state index contributed by atoms with van der Waals surface area (Å²) < 4.78 is 0. The molecule has 2 heterocycles. The number of aromatic nitrogens is 4. The Bertz CT molecular complexity index is 317. The summed E-state index contributed by atoms with van der Waals surface area (Å²) in [4.78, 5) is 0. The van der Waals surface area contributed by atoms with Gasteiger partial charge in [-0.05, 0) is 26.3 Å². The maximum Gasteiger partial charge on any atom is 0.121 e. The number of nitrogens with one attached hydrogen (secondary N) is 2. The Kier molecular flexibility index (Phi) is 5.15. The molecule has 0 aliphatic rings. The van der Waals surface area contributed by atoms with Crippen LogP contribution in [0, 0.1) is 20.8 Å². The van der Waals surface area contributed by atoms with Gasteiger partial charge in [-0.1, -0.05) is 7.43 Å². The first-order valence-electron chi connectivity index (χ1n) is 4.33. The molecule has 0 fully saturated rings. The van der Waals surface area contributed by atoms with Crippen molar-refractivity contribution in [2.75, 3.05) is 5.73 Å². The highest BCUT2D eigenvalue weighted by Gasteiger charge is 1.88. The molecule has 84 valence electrons. The number of hydrogen-bond donors (Lipinski definition) is 3. The number of nitrogen functional groups attached to an aromatic ring is 1. The number of aromatic amines is 2. The summed E-state index contributed by atoms with van der Waals surface area (Å²) in [5.41, 5.74) is 8.70. The highest BCUT2D eigenvalue weighted by Crippen LogP contribution is 2.00. The number of aryl methyl sites for hydroxylation is 3. The molecular formula is C10H19N5. The Morgan fingerprint density at radius 3 is 1.67 bits per heavy atom. The summed E-state index contributed by atoms with van der Waals surface area (Å²) in [5.74, 6) is 0.653. The van der Waals surface area contributed by atoms with Gasteiger partial charge in [-0.2, -0.15) is 10.2 Å². The van der Waals surface area contributed by atoms with Crippen LogP contribution >= 0.6 is 0 Å². The molecule has 0 saturated heterocycles. The Labute approximate surface area is 90.1 Å². The zero-order chi connectivity index (χ0) is 10.6. The second kappa shape index (κ2) is 5.85. The van der Waals surface area contributed by atoms with Gasteiger partial charge in [-0.3, -0.25) is 10.2 Å². The van der Waals surface area contributed by atoms with Gasteiger partial charge in [0.1, 0.15) is 5.82 Å². The average molecular weight is 209 g/mol. The lowest BCUT2D eigenvalue weighted by Gasteiger charge is -1.79. The Balaban J connectivity index is 0.000000245. The third-order valence-corrected chi connectivity index (χ3v) is 1.95. The minimum absolute atomic E-state index is 0. The van der Waals surface area contributed by atoms with Crippen LogP contribution in [0.4, 0.5) is 5.82 Å². The topological polar surface area (TPSA) is 83.4 Å². The van der Waals surface area contributed by atoms with Gasteiger partial charge in [-0.25, -0.2) is 0 Å². The molecule has 0 aliphatic carbocycles. The quantitative estimate of drug-likeness (QED) is 0.620. The molecule has 2 rings (SSSR count). The first-order valence-corrected chi connectivity index (χ1v) is 4.33. The van der Waals surface area contributed by atoms with Crippen molar-refractivity contribution in [3.05, 3.63) is 29.2 Å². The Morgan fingerprint density at radius 1 is 1.00 bits per heavy atom. The van der Waals surface area contributed by atoms with Crippen LogP contribution in [-0.4, -0.2) is 20.4 Å². The first kappa shape index (κ1) is 13.2. The molecule has 2 aromatic heterocycles. The molecule has 0 spiro atoms. The summed E-state index contributed by atoms with van der Waals surface area (Å²) in [6.07, 6.45) is 3.50. The van der Waals surface area contributed by atoms with E-state index in [9.17, 15) is 0 Å². The largest absolute Gasteiger partial charge is 0.384 e. The number of hydrogen-bond acceptors (Lipinski definition) is 3. The highest BCUT2D eigenvalue weighted by molar-refractivity contribution is 5.34. The lowest BCUT2D eigenvalue weighted by molar-refractivity contribution is 1.04. The summed E-state index contributed by atoms with van der Waals surface area (Å²) >= 11 is 0. The molecule has 5 heteroatoms. The molecule has 0 bridgehead atoms. The summed E-state index contributed by atoms with van der Waals surface area (Å²) in [5, 5.41) is 12.9. The van der Waals surface area contributed by atoms with E-state index in [1.807, 2.05) is 27.0 Å². The van der Waals surface area contributed by atoms with Crippen molar-refractivity contribution in [1.29, 1.82) is 0 Å². The number of H-pyrrole nitrogens is 2. The van der Waals surface area contributed by atoms with Gasteiger partial charge in [0, 0.05) is 11.3 Å². The van der Waals surface area contributed by atoms with Crippen LogP contribution in [0.2, 0.25) is 0 Å². The van der Waals surface area contributed by atoms with Gasteiger partial charge >= 0.3 is 0 Å². The predicted molar refractivity (Wildman–Crippen MR) is 62.5 cm³/mol. The van der Waals surface area contributed by atoms with Crippen molar-refractivity contribution in [3.8, 4) is 0 Å². The lowest BCUT2D eigenvalue weighted by Crippen LogP contribution is -1.85. The Morgan fingerprint density at radius 2 is 1.53 bits per heavy atom. The molecule has 4 N–H and O–H groups in total. The van der Waals surface area contributed by atoms with Gasteiger partial charge < -0.3 is 5.73 Å². The van der Waals surface area contributed by atoms with Gasteiger partial charge in [0.2, 0.25) is 0 Å². The third kappa shape index (κ3) is 3.84. The van der Waals surface area contributed by atoms with E-state index in [4.69, 9.17) is 5.73 Å². The van der Waals surface area contributed by atoms with E-state index < -0.39 is 0 Å². The molecule has 0 aliphatic heterocycles. The molecule has 0 aromatic carbocycles. The van der Waals surface area contributed by atoms with Crippen LogP contribution in [0.1, 0.15) is 24.2 Å². The van der Waals surface area contributed by atoms with E-state index in [2.05, 4.69) is 20.4 Å². The molecule has 0 radical (unpaired) electrons. The minimum atomic E-state index is 0. The van der Waals surface area contributed by atoms with Crippen LogP contribution in [0.25, 0.3) is 0 Å². The highest BCUT2D eigenvalue weighted by atomic mass is 15.1. The minimum Gasteiger partial charge on any atom is -0.384 e. The van der Waals surface area contributed by atoms with Crippen molar-refractivity contribution < 1.29 is 0 Å². The van der Waals surface area contributed by atoms with Gasteiger partial charge in [-0.15, -0.1) is 0 Å². The van der Waals surface area contributed by atoms with Crippen molar-refractivity contribution in [1.82, 2.24) is 20.4 Å². The fraction of sp³-hybridized carbons (Fsp3) is 0.400. The molecule has 5 nitrogen and oxygen atoms in total. The lowest BCUT2D eigenvalue weighted by atomic mass is 10.3. The van der Waals surface area contributed by atoms with E-state index in [1.54, 1.807) is 6.20 Å². The molecule has 0 amide bonds.